The van der Waals surface area contributed by atoms with Crippen LogP contribution in [0.5, 0.6) is 11.5 Å². The number of benzene rings is 2. The molecule has 0 spiro atoms. The Morgan fingerprint density at radius 1 is 1.11 bits per heavy atom. The largest absolute Gasteiger partial charge is 0.496 e. The van der Waals surface area contributed by atoms with E-state index in [1.807, 2.05) is 63.2 Å². The fourth-order valence-electron chi connectivity index (χ4n) is 3.40. The Bertz CT molecular complexity index is 1200. The second kappa shape index (κ2) is 12.4. The molecule has 0 aliphatic rings. The molecule has 0 radical (unpaired) electrons. The first kappa shape index (κ1) is 25.6. The van der Waals surface area contributed by atoms with Crippen molar-refractivity contribution in [1.29, 1.82) is 0 Å². The molecule has 8 heteroatoms. The SMILES string of the molecule is CCCNC(=O)c1nn(CC)cc1NC(=O)/C=C/c1ccc(OC)c(COc2ccccc2C)c1. The van der Waals surface area contributed by atoms with Crippen molar-refractivity contribution in [2.75, 3.05) is 19.0 Å². The summed E-state index contributed by atoms with van der Waals surface area (Å²) in [5, 5.41) is 9.83. The highest BCUT2D eigenvalue weighted by Gasteiger charge is 2.17. The number of hydrogen-bond donors (Lipinski definition) is 2. The van der Waals surface area contributed by atoms with Crippen LogP contribution in [-0.4, -0.2) is 35.2 Å². The van der Waals surface area contributed by atoms with Gasteiger partial charge in [0.2, 0.25) is 5.91 Å². The molecule has 184 valence electrons. The van der Waals surface area contributed by atoms with Crippen molar-refractivity contribution in [3.63, 3.8) is 0 Å². The lowest BCUT2D eigenvalue weighted by atomic mass is 10.1. The lowest BCUT2D eigenvalue weighted by molar-refractivity contribution is -0.111. The van der Waals surface area contributed by atoms with Crippen LogP contribution < -0.4 is 20.1 Å². The average Bonchev–Trinajstić information content (AvgIpc) is 3.28. The number of hydrogen-bond acceptors (Lipinski definition) is 5. The van der Waals surface area contributed by atoms with Gasteiger partial charge < -0.3 is 20.1 Å². The van der Waals surface area contributed by atoms with Crippen molar-refractivity contribution in [1.82, 2.24) is 15.1 Å². The lowest BCUT2D eigenvalue weighted by Crippen LogP contribution is -2.26. The minimum atomic E-state index is -0.362. The van der Waals surface area contributed by atoms with Crippen LogP contribution >= 0.6 is 0 Å². The Hall–Kier alpha value is -4.07. The summed E-state index contributed by atoms with van der Waals surface area (Å²) in [6.45, 7) is 7.33. The van der Waals surface area contributed by atoms with Gasteiger partial charge in [0.1, 0.15) is 18.1 Å². The van der Waals surface area contributed by atoms with E-state index in [1.165, 1.54) is 6.08 Å². The summed E-state index contributed by atoms with van der Waals surface area (Å²) >= 11 is 0. The molecule has 2 amide bonds. The molecule has 35 heavy (non-hydrogen) atoms. The molecular weight excluding hydrogens is 444 g/mol. The number of methoxy groups -OCH3 is 1. The predicted molar refractivity (Wildman–Crippen MR) is 137 cm³/mol. The molecule has 0 fully saturated rings. The Morgan fingerprint density at radius 2 is 1.91 bits per heavy atom. The summed E-state index contributed by atoms with van der Waals surface area (Å²) in [6, 6.07) is 13.4. The monoisotopic (exact) mass is 476 g/mol. The maximum absolute atomic E-state index is 12.6. The molecule has 0 atom stereocenters. The third-order valence-electron chi connectivity index (χ3n) is 5.30. The fourth-order valence-corrected chi connectivity index (χ4v) is 3.40. The van der Waals surface area contributed by atoms with Crippen LogP contribution in [0.3, 0.4) is 0 Å². The molecule has 3 rings (SSSR count). The zero-order valence-electron chi connectivity index (χ0n) is 20.6. The van der Waals surface area contributed by atoms with E-state index in [9.17, 15) is 9.59 Å². The smallest absolute Gasteiger partial charge is 0.273 e. The number of aromatic nitrogens is 2. The number of carbonyl (C=O) groups excluding carboxylic acids is 2. The van der Waals surface area contributed by atoms with E-state index in [1.54, 1.807) is 24.1 Å². The van der Waals surface area contributed by atoms with Crippen molar-refractivity contribution in [2.24, 2.45) is 0 Å². The van der Waals surface area contributed by atoms with Gasteiger partial charge in [-0.2, -0.15) is 5.10 Å². The maximum atomic E-state index is 12.6. The molecule has 8 nitrogen and oxygen atoms in total. The van der Waals surface area contributed by atoms with Crippen LogP contribution in [0.25, 0.3) is 6.08 Å². The summed E-state index contributed by atoms with van der Waals surface area (Å²) in [7, 11) is 1.61. The Balaban J connectivity index is 1.71. The van der Waals surface area contributed by atoms with Crippen molar-refractivity contribution in [3.05, 3.63) is 77.1 Å². The number of ether oxygens (including phenoxy) is 2. The predicted octanol–water partition coefficient (Wildman–Crippen LogP) is 4.59. The van der Waals surface area contributed by atoms with Gasteiger partial charge >= 0.3 is 0 Å². The second-order valence-corrected chi connectivity index (χ2v) is 7.95. The highest BCUT2D eigenvalue weighted by Crippen LogP contribution is 2.24. The molecule has 2 N–H and O–H groups in total. The van der Waals surface area contributed by atoms with Gasteiger partial charge in [-0.25, -0.2) is 0 Å². The van der Waals surface area contributed by atoms with Gasteiger partial charge in [0, 0.05) is 30.9 Å². The summed E-state index contributed by atoms with van der Waals surface area (Å²) in [6.07, 6.45) is 5.59. The molecule has 0 aliphatic carbocycles. The minimum absolute atomic E-state index is 0.196. The van der Waals surface area contributed by atoms with Gasteiger partial charge in [-0.15, -0.1) is 0 Å². The lowest BCUT2D eigenvalue weighted by Gasteiger charge is -2.12. The van der Waals surface area contributed by atoms with Crippen molar-refractivity contribution >= 4 is 23.6 Å². The zero-order valence-corrected chi connectivity index (χ0v) is 20.6. The topological polar surface area (TPSA) is 94.5 Å². The van der Waals surface area contributed by atoms with Crippen molar-refractivity contribution in [2.45, 2.75) is 40.3 Å². The third kappa shape index (κ3) is 6.96. The molecule has 0 saturated heterocycles. The van der Waals surface area contributed by atoms with Gasteiger partial charge in [-0.3, -0.25) is 14.3 Å². The van der Waals surface area contributed by atoms with Crippen LogP contribution in [0.2, 0.25) is 0 Å². The van der Waals surface area contributed by atoms with E-state index in [0.29, 0.717) is 31.1 Å². The van der Waals surface area contributed by atoms with E-state index < -0.39 is 0 Å². The first-order chi connectivity index (χ1) is 16.9. The van der Waals surface area contributed by atoms with E-state index in [-0.39, 0.29) is 17.5 Å². The fraction of sp³-hybridized carbons (Fsp3) is 0.296. The van der Waals surface area contributed by atoms with Gasteiger partial charge in [0.15, 0.2) is 5.69 Å². The highest BCUT2D eigenvalue weighted by molar-refractivity contribution is 6.06. The number of aryl methyl sites for hydroxylation is 2. The normalized spacial score (nSPS) is 10.9. The standard InChI is InChI=1S/C27H32N4O4/c1-5-15-28-27(33)26-22(17-31(6-2)30-26)29-25(32)14-12-20-11-13-24(34-4)21(16-20)18-35-23-10-8-7-9-19(23)3/h7-14,16-17H,5-6,15,18H2,1-4H3,(H,28,33)(H,29,32)/b14-12+. The van der Waals surface area contributed by atoms with Gasteiger partial charge in [0.25, 0.3) is 5.91 Å². The summed E-state index contributed by atoms with van der Waals surface area (Å²) < 4.78 is 13.1. The Labute approximate surface area is 205 Å². The summed E-state index contributed by atoms with van der Waals surface area (Å²) in [5.41, 5.74) is 3.29. The number of carbonyl (C=O) groups is 2. The highest BCUT2D eigenvalue weighted by atomic mass is 16.5. The van der Waals surface area contributed by atoms with E-state index >= 15 is 0 Å². The van der Waals surface area contributed by atoms with E-state index in [0.717, 1.165) is 28.9 Å². The molecule has 1 aromatic heterocycles. The van der Waals surface area contributed by atoms with Crippen LogP contribution in [0.15, 0.2) is 54.7 Å². The number of para-hydroxylation sites is 1. The van der Waals surface area contributed by atoms with Gasteiger partial charge in [-0.1, -0.05) is 31.2 Å². The van der Waals surface area contributed by atoms with Gasteiger partial charge in [-0.05, 0) is 55.7 Å². The number of anilines is 1. The van der Waals surface area contributed by atoms with Crippen molar-refractivity contribution < 1.29 is 19.1 Å². The zero-order chi connectivity index (χ0) is 25.2. The minimum Gasteiger partial charge on any atom is -0.496 e. The van der Waals surface area contributed by atoms with Crippen LogP contribution in [0.4, 0.5) is 5.69 Å². The number of nitrogens with one attached hydrogen (secondary N) is 2. The first-order valence-corrected chi connectivity index (χ1v) is 11.6. The Morgan fingerprint density at radius 3 is 2.63 bits per heavy atom. The van der Waals surface area contributed by atoms with Crippen molar-refractivity contribution in [3.8, 4) is 11.5 Å². The molecule has 0 saturated carbocycles. The third-order valence-corrected chi connectivity index (χ3v) is 5.30. The molecule has 0 unspecified atom stereocenters. The number of nitrogens with zero attached hydrogens (tertiary/aromatic N) is 2. The van der Waals surface area contributed by atoms with E-state index in [2.05, 4.69) is 15.7 Å². The van der Waals surface area contributed by atoms with Gasteiger partial charge in [0.05, 0.1) is 12.8 Å². The molecular formula is C27H32N4O4. The maximum Gasteiger partial charge on any atom is 0.273 e. The molecule has 3 aromatic rings. The Kier molecular flexibility index (Phi) is 9.06. The quantitative estimate of drug-likeness (QED) is 0.395. The molecule has 0 bridgehead atoms. The summed E-state index contributed by atoms with van der Waals surface area (Å²) in [4.78, 5) is 25.0. The van der Waals surface area contributed by atoms with Crippen LogP contribution in [-0.2, 0) is 17.9 Å². The number of amides is 2. The molecule has 2 aromatic carbocycles. The average molecular weight is 477 g/mol. The number of rotatable bonds is 11. The van der Waals surface area contributed by atoms with Crippen LogP contribution in [0.1, 0.15) is 47.4 Å². The van der Waals surface area contributed by atoms with Crippen LogP contribution in [0, 0.1) is 6.92 Å². The molecule has 0 aliphatic heterocycles. The van der Waals surface area contributed by atoms with E-state index in [4.69, 9.17) is 9.47 Å². The molecule has 1 heterocycles. The first-order valence-electron chi connectivity index (χ1n) is 11.6. The summed E-state index contributed by atoms with van der Waals surface area (Å²) in [5.74, 6) is 0.835. The second-order valence-electron chi connectivity index (χ2n) is 7.95.